The van der Waals surface area contributed by atoms with Crippen molar-refractivity contribution in [2.75, 3.05) is 26.2 Å². The normalized spacial score (nSPS) is 20.4. The van der Waals surface area contributed by atoms with Gasteiger partial charge in [0, 0.05) is 32.6 Å². The van der Waals surface area contributed by atoms with Crippen molar-refractivity contribution in [3.8, 4) is 0 Å². The number of hydrogen-bond donors (Lipinski definition) is 1. The second kappa shape index (κ2) is 4.81. The summed E-state index contributed by atoms with van der Waals surface area (Å²) in [6.07, 6.45) is 0.980. The first-order chi connectivity index (χ1) is 7.31. The van der Waals surface area contributed by atoms with Gasteiger partial charge in [-0.3, -0.25) is 4.90 Å². The van der Waals surface area contributed by atoms with Crippen LogP contribution in [0.1, 0.15) is 31.4 Å². The first-order valence-corrected chi connectivity index (χ1v) is 5.84. The lowest BCUT2D eigenvalue weighted by Crippen LogP contribution is -2.44. The topological polar surface area (TPSA) is 28.4 Å². The predicted molar refractivity (Wildman–Crippen MR) is 60.9 cm³/mol. The molecule has 0 unspecified atom stereocenters. The second-order valence-electron chi connectivity index (χ2n) is 4.12. The van der Waals surface area contributed by atoms with Crippen molar-refractivity contribution in [1.29, 1.82) is 0 Å². The summed E-state index contributed by atoms with van der Waals surface area (Å²) in [5, 5.41) is 3.37. The molecule has 15 heavy (non-hydrogen) atoms. The molecule has 2 rings (SSSR count). The Balaban J connectivity index is 2.02. The van der Waals surface area contributed by atoms with Gasteiger partial charge in [-0.1, -0.05) is 6.92 Å². The van der Waals surface area contributed by atoms with E-state index in [1.807, 2.05) is 0 Å². The minimum Gasteiger partial charge on any atom is -0.464 e. The van der Waals surface area contributed by atoms with E-state index in [2.05, 4.69) is 36.2 Å². The fourth-order valence-electron chi connectivity index (χ4n) is 2.06. The van der Waals surface area contributed by atoms with Crippen LogP contribution in [0.15, 0.2) is 16.5 Å². The monoisotopic (exact) mass is 208 g/mol. The zero-order chi connectivity index (χ0) is 10.7. The summed E-state index contributed by atoms with van der Waals surface area (Å²) in [4.78, 5) is 2.47. The summed E-state index contributed by atoms with van der Waals surface area (Å²) in [5.74, 6) is 2.20. The Bertz CT molecular complexity index is 302. The largest absolute Gasteiger partial charge is 0.464 e. The number of hydrogen-bond acceptors (Lipinski definition) is 3. The van der Waals surface area contributed by atoms with Gasteiger partial charge in [-0.2, -0.15) is 0 Å². The molecule has 0 aliphatic carbocycles. The number of nitrogens with zero attached hydrogens (tertiary/aromatic N) is 1. The van der Waals surface area contributed by atoms with Crippen LogP contribution in [-0.4, -0.2) is 31.1 Å². The Labute approximate surface area is 91.4 Å². The molecule has 2 heterocycles. The maximum absolute atomic E-state index is 5.79. The fourth-order valence-corrected chi connectivity index (χ4v) is 2.06. The molecule has 0 amide bonds. The van der Waals surface area contributed by atoms with Crippen molar-refractivity contribution in [2.24, 2.45) is 0 Å². The van der Waals surface area contributed by atoms with E-state index >= 15 is 0 Å². The Hall–Kier alpha value is -0.800. The van der Waals surface area contributed by atoms with Gasteiger partial charge in [-0.25, -0.2) is 0 Å². The SMILES string of the molecule is CCc1ccc([C@H](C)N2CCNCC2)o1. The van der Waals surface area contributed by atoms with Gasteiger partial charge < -0.3 is 9.73 Å². The molecule has 0 bridgehead atoms. The lowest BCUT2D eigenvalue weighted by molar-refractivity contribution is 0.165. The van der Waals surface area contributed by atoms with Gasteiger partial charge in [0.1, 0.15) is 11.5 Å². The Kier molecular flexibility index (Phi) is 3.44. The summed E-state index contributed by atoms with van der Waals surface area (Å²) < 4.78 is 5.79. The summed E-state index contributed by atoms with van der Waals surface area (Å²) in [6, 6.07) is 4.62. The fraction of sp³-hybridized carbons (Fsp3) is 0.667. The maximum atomic E-state index is 5.79. The number of nitrogens with one attached hydrogen (secondary N) is 1. The smallest absolute Gasteiger partial charge is 0.121 e. The van der Waals surface area contributed by atoms with Crippen molar-refractivity contribution in [2.45, 2.75) is 26.3 Å². The molecule has 0 saturated carbocycles. The van der Waals surface area contributed by atoms with E-state index in [-0.39, 0.29) is 0 Å². The minimum atomic E-state index is 0.410. The minimum absolute atomic E-state index is 0.410. The average Bonchev–Trinajstić information content (AvgIpc) is 2.78. The van der Waals surface area contributed by atoms with Crippen LogP contribution < -0.4 is 5.32 Å². The quantitative estimate of drug-likeness (QED) is 0.821. The molecule has 1 aliphatic heterocycles. The molecular formula is C12H20N2O. The lowest BCUT2D eigenvalue weighted by atomic mass is 10.2. The lowest BCUT2D eigenvalue weighted by Gasteiger charge is -2.31. The van der Waals surface area contributed by atoms with E-state index < -0.39 is 0 Å². The van der Waals surface area contributed by atoms with Gasteiger partial charge in [-0.15, -0.1) is 0 Å². The highest BCUT2D eigenvalue weighted by atomic mass is 16.3. The van der Waals surface area contributed by atoms with Crippen molar-refractivity contribution in [3.05, 3.63) is 23.7 Å². The highest BCUT2D eigenvalue weighted by molar-refractivity contribution is 5.10. The zero-order valence-corrected chi connectivity index (χ0v) is 9.62. The molecule has 3 nitrogen and oxygen atoms in total. The highest BCUT2D eigenvalue weighted by Crippen LogP contribution is 2.22. The molecule has 1 aliphatic rings. The van der Waals surface area contributed by atoms with E-state index in [9.17, 15) is 0 Å². The molecule has 84 valence electrons. The third-order valence-electron chi connectivity index (χ3n) is 3.14. The van der Waals surface area contributed by atoms with Gasteiger partial charge in [-0.05, 0) is 19.1 Å². The number of aryl methyl sites for hydroxylation is 1. The van der Waals surface area contributed by atoms with Crippen LogP contribution in [0, 0.1) is 0 Å². The van der Waals surface area contributed by atoms with Crippen LogP contribution in [0.4, 0.5) is 0 Å². The molecule has 0 radical (unpaired) electrons. The average molecular weight is 208 g/mol. The van der Waals surface area contributed by atoms with Crippen molar-refractivity contribution >= 4 is 0 Å². The first-order valence-electron chi connectivity index (χ1n) is 5.84. The van der Waals surface area contributed by atoms with Crippen LogP contribution in [0.5, 0.6) is 0 Å². The van der Waals surface area contributed by atoms with Crippen molar-refractivity contribution < 1.29 is 4.42 Å². The van der Waals surface area contributed by atoms with Crippen LogP contribution >= 0.6 is 0 Å². The Morgan fingerprint density at radius 3 is 2.73 bits per heavy atom. The summed E-state index contributed by atoms with van der Waals surface area (Å²) in [7, 11) is 0. The molecule has 1 atom stereocenters. The van der Waals surface area contributed by atoms with Crippen LogP contribution in [0.3, 0.4) is 0 Å². The summed E-state index contributed by atoms with van der Waals surface area (Å²) in [6.45, 7) is 8.76. The van der Waals surface area contributed by atoms with E-state index in [1.54, 1.807) is 0 Å². The van der Waals surface area contributed by atoms with Crippen molar-refractivity contribution in [1.82, 2.24) is 10.2 Å². The van der Waals surface area contributed by atoms with Gasteiger partial charge in [0.05, 0.1) is 6.04 Å². The van der Waals surface area contributed by atoms with E-state index in [1.165, 1.54) is 0 Å². The highest BCUT2D eigenvalue weighted by Gasteiger charge is 2.20. The molecule has 3 heteroatoms. The van der Waals surface area contributed by atoms with Gasteiger partial charge in [0.2, 0.25) is 0 Å². The summed E-state index contributed by atoms with van der Waals surface area (Å²) in [5.41, 5.74) is 0. The van der Waals surface area contributed by atoms with Gasteiger partial charge in [0.15, 0.2) is 0 Å². The maximum Gasteiger partial charge on any atom is 0.121 e. The zero-order valence-electron chi connectivity index (χ0n) is 9.62. The molecule has 1 N–H and O–H groups in total. The second-order valence-corrected chi connectivity index (χ2v) is 4.12. The standard InChI is InChI=1S/C12H20N2O/c1-3-11-4-5-12(15-11)10(2)14-8-6-13-7-9-14/h4-5,10,13H,3,6-9H2,1-2H3/t10-/m0/s1. The number of furan rings is 1. The molecule has 0 spiro atoms. The van der Waals surface area contributed by atoms with Gasteiger partial charge in [0.25, 0.3) is 0 Å². The number of piperazine rings is 1. The molecular weight excluding hydrogens is 188 g/mol. The number of rotatable bonds is 3. The molecule has 1 aromatic rings. The third-order valence-corrected chi connectivity index (χ3v) is 3.14. The predicted octanol–water partition coefficient (Wildman–Crippen LogP) is 1.81. The van der Waals surface area contributed by atoms with E-state index in [0.29, 0.717) is 6.04 Å². The molecule has 1 aromatic heterocycles. The molecule has 1 saturated heterocycles. The van der Waals surface area contributed by atoms with Crippen LogP contribution in [-0.2, 0) is 6.42 Å². The Morgan fingerprint density at radius 1 is 1.40 bits per heavy atom. The van der Waals surface area contributed by atoms with Crippen LogP contribution in [0.25, 0.3) is 0 Å². The Morgan fingerprint density at radius 2 is 2.13 bits per heavy atom. The van der Waals surface area contributed by atoms with Crippen LogP contribution in [0.2, 0.25) is 0 Å². The molecule has 0 aromatic carbocycles. The molecule has 1 fully saturated rings. The summed E-state index contributed by atoms with van der Waals surface area (Å²) >= 11 is 0. The van der Waals surface area contributed by atoms with E-state index in [4.69, 9.17) is 4.42 Å². The third kappa shape index (κ3) is 2.41. The first kappa shape index (κ1) is 10.7. The van der Waals surface area contributed by atoms with E-state index in [0.717, 1.165) is 44.1 Å². The van der Waals surface area contributed by atoms with Crippen molar-refractivity contribution in [3.63, 3.8) is 0 Å². The van der Waals surface area contributed by atoms with Gasteiger partial charge >= 0.3 is 0 Å².